The number of benzene rings is 3. The van der Waals surface area contributed by atoms with E-state index in [4.69, 9.17) is 0 Å². The molecular formula is C28H24N2O2. The zero-order valence-electron chi connectivity index (χ0n) is 18.1. The van der Waals surface area contributed by atoms with E-state index in [2.05, 4.69) is 10.3 Å². The monoisotopic (exact) mass is 420 g/mol. The Bertz CT molecular complexity index is 1250. The largest absolute Gasteiger partial charge is 0.326 e. The van der Waals surface area contributed by atoms with Gasteiger partial charge in [-0.05, 0) is 60.9 Å². The van der Waals surface area contributed by atoms with Crippen LogP contribution < -0.4 is 5.32 Å². The average molecular weight is 421 g/mol. The van der Waals surface area contributed by atoms with Crippen molar-refractivity contribution in [3.8, 4) is 11.1 Å². The van der Waals surface area contributed by atoms with Crippen LogP contribution in [0, 0.1) is 6.92 Å². The normalized spacial score (nSPS) is 11.6. The molecule has 0 aliphatic rings. The molecule has 0 saturated heterocycles. The molecule has 0 spiro atoms. The summed E-state index contributed by atoms with van der Waals surface area (Å²) in [6.45, 7) is 3.80. The molecular weight excluding hydrogens is 396 g/mol. The van der Waals surface area contributed by atoms with Crippen LogP contribution in [0.1, 0.15) is 40.0 Å². The first-order valence-electron chi connectivity index (χ1n) is 10.5. The van der Waals surface area contributed by atoms with E-state index in [1.807, 2.05) is 80.6 Å². The van der Waals surface area contributed by atoms with Gasteiger partial charge in [0.1, 0.15) is 0 Å². The molecule has 0 aliphatic carbocycles. The molecule has 1 N–H and O–H groups in total. The van der Waals surface area contributed by atoms with Crippen LogP contribution in [-0.4, -0.2) is 16.7 Å². The van der Waals surface area contributed by atoms with Crippen molar-refractivity contribution in [2.75, 3.05) is 5.32 Å². The highest BCUT2D eigenvalue weighted by atomic mass is 16.2. The molecule has 1 aromatic heterocycles. The third kappa shape index (κ3) is 4.81. The molecule has 1 heterocycles. The Balaban J connectivity index is 1.46. The molecule has 0 bridgehead atoms. The van der Waals surface area contributed by atoms with Crippen molar-refractivity contribution in [1.82, 2.24) is 4.98 Å². The van der Waals surface area contributed by atoms with Gasteiger partial charge >= 0.3 is 0 Å². The lowest BCUT2D eigenvalue weighted by molar-refractivity contribution is -0.117. The zero-order valence-corrected chi connectivity index (χ0v) is 18.1. The second kappa shape index (κ2) is 9.40. The summed E-state index contributed by atoms with van der Waals surface area (Å²) in [5.41, 5.74) is 5.84. The number of ketones is 1. The highest BCUT2D eigenvalue weighted by Crippen LogP contribution is 2.24. The molecule has 4 aromatic rings. The van der Waals surface area contributed by atoms with Gasteiger partial charge in [-0.15, -0.1) is 0 Å². The van der Waals surface area contributed by atoms with E-state index < -0.39 is 5.92 Å². The molecule has 32 heavy (non-hydrogen) atoms. The number of pyridine rings is 1. The summed E-state index contributed by atoms with van der Waals surface area (Å²) in [6.07, 6.45) is 1.79. The van der Waals surface area contributed by atoms with Gasteiger partial charge in [0.15, 0.2) is 5.78 Å². The molecule has 0 saturated carbocycles. The summed E-state index contributed by atoms with van der Waals surface area (Å²) < 4.78 is 0. The molecule has 0 radical (unpaired) electrons. The van der Waals surface area contributed by atoms with Crippen molar-refractivity contribution in [3.05, 3.63) is 120 Å². The topological polar surface area (TPSA) is 59.1 Å². The first-order chi connectivity index (χ1) is 15.5. The van der Waals surface area contributed by atoms with Crippen molar-refractivity contribution in [2.45, 2.75) is 19.8 Å². The number of aryl methyl sites for hydroxylation is 1. The molecule has 0 unspecified atom stereocenters. The Kier molecular flexibility index (Phi) is 6.22. The Hall–Kier alpha value is -4.05. The lowest BCUT2D eigenvalue weighted by atomic mass is 9.95. The molecule has 1 atom stereocenters. The number of nitrogens with one attached hydrogen (secondary N) is 1. The lowest BCUT2D eigenvalue weighted by Crippen LogP contribution is -2.19. The summed E-state index contributed by atoms with van der Waals surface area (Å²) in [7, 11) is 0. The smallest absolute Gasteiger partial charge is 0.231 e. The van der Waals surface area contributed by atoms with E-state index >= 15 is 0 Å². The van der Waals surface area contributed by atoms with Crippen molar-refractivity contribution in [3.63, 3.8) is 0 Å². The van der Waals surface area contributed by atoms with Gasteiger partial charge in [-0.1, -0.05) is 60.7 Å². The van der Waals surface area contributed by atoms with Crippen LogP contribution in [0.2, 0.25) is 0 Å². The minimum Gasteiger partial charge on any atom is -0.326 e. The van der Waals surface area contributed by atoms with Crippen LogP contribution in [0.15, 0.2) is 97.2 Å². The third-order valence-corrected chi connectivity index (χ3v) is 5.46. The fourth-order valence-corrected chi connectivity index (χ4v) is 3.58. The van der Waals surface area contributed by atoms with Gasteiger partial charge < -0.3 is 5.32 Å². The van der Waals surface area contributed by atoms with Gasteiger partial charge in [-0.25, -0.2) is 0 Å². The maximum Gasteiger partial charge on any atom is 0.231 e. The lowest BCUT2D eigenvalue weighted by Gasteiger charge is -2.14. The predicted molar refractivity (Wildman–Crippen MR) is 128 cm³/mol. The van der Waals surface area contributed by atoms with Crippen LogP contribution in [0.25, 0.3) is 11.1 Å². The van der Waals surface area contributed by atoms with Gasteiger partial charge in [0, 0.05) is 28.7 Å². The minimum absolute atomic E-state index is 0.0537. The second-order valence-corrected chi connectivity index (χ2v) is 7.79. The molecule has 158 valence electrons. The first kappa shape index (κ1) is 21.2. The van der Waals surface area contributed by atoms with E-state index in [0.717, 1.165) is 28.1 Å². The standard InChI is InChI=1S/C28H24N2O2/c1-19-17-24(15-16-29-19)21-11-13-26(14-12-21)30-28(32)20(2)23-9-6-10-25(18-23)27(31)22-7-4-3-5-8-22/h3-18,20H,1-2H3,(H,30,32)/t20-/m0/s1. The number of nitrogens with zero attached hydrogens (tertiary/aromatic N) is 1. The Morgan fingerprint density at radius 3 is 2.22 bits per heavy atom. The minimum atomic E-state index is -0.402. The summed E-state index contributed by atoms with van der Waals surface area (Å²) in [4.78, 5) is 29.8. The summed E-state index contributed by atoms with van der Waals surface area (Å²) in [6, 6.07) is 28.2. The summed E-state index contributed by atoms with van der Waals surface area (Å²) in [5, 5.41) is 2.97. The third-order valence-electron chi connectivity index (χ3n) is 5.46. The van der Waals surface area contributed by atoms with E-state index in [9.17, 15) is 9.59 Å². The summed E-state index contributed by atoms with van der Waals surface area (Å²) >= 11 is 0. The number of hydrogen-bond donors (Lipinski definition) is 1. The number of rotatable bonds is 6. The van der Waals surface area contributed by atoms with E-state index in [1.165, 1.54) is 0 Å². The van der Waals surface area contributed by atoms with Crippen molar-refractivity contribution in [1.29, 1.82) is 0 Å². The molecule has 4 heteroatoms. The quantitative estimate of drug-likeness (QED) is 0.388. The van der Waals surface area contributed by atoms with Gasteiger partial charge in [0.05, 0.1) is 5.92 Å². The van der Waals surface area contributed by atoms with Gasteiger partial charge in [-0.2, -0.15) is 0 Å². The average Bonchev–Trinajstić information content (AvgIpc) is 2.84. The maximum absolute atomic E-state index is 12.9. The summed E-state index contributed by atoms with van der Waals surface area (Å²) in [5.74, 6) is -0.579. The number of amides is 1. The van der Waals surface area contributed by atoms with Crippen LogP contribution in [0.3, 0.4) is 0 Å². The van der Waals surface area contributed by atoms with Crippen LogP contribution in [0.5, 0.6) is 0 Å². The Labute approximate surface area is 188 Å². The zero-order chi connectivity index (χ0) is 22.5. The fraction of sp³-hybridized carbons (Fsp3) is 0.107. The van der Waals surface area contributed by atoms with Crippen molar-refractivity contribution in [2.24, 2.45) is 0 Å². The molecule has 3 aromatic carbocycles. The Morgan fingerprint density at radius 1 is 0.781 bits per heavy atom. The maximum atomic E-state index is 12.9. The van der Waals surface area contributed by atoms with E-state index in [1.54, 1.807) is 30.5 Å². The van der Waals surface area contributed by atoms with E-state index in [-0.39, 0.29) is 11.7 Å². The van der Waals surface area contributed by atoms with Gasteiger partial charge in [-0.3, -0.25) is 14.6 Å². The van der Waals surface area contributed by atoms with Crippen molar-refractivity contribution < 1.29 is 9.59 Å². The van der Waals surface area contributed by atoms with Crippen molar-refractivity contribution >= 4 is 17.4 Å². The number of anilines is 1. The number of carbonyl (C=O) groups excluding carboxylic acids is 2. The first-order valence-corrected chi connectivity index (χ1v) is 10.5. The second-order valence-electron chi connectivity index (χ2n) is 7.79. The Morgan fingerprint density at radius 2 is 1.50 bits per heavy atom. The van der Waals surface area contributed by atoms with Crippen LogP contribution in [-0.2, 0) is 4.79 Å². The molecule has 0 fully saturated rings. The van der Waals surface area contributed by atoms with Gasteiger partial charge in [0.2, 0.25) is 5.91 Å². The number of hydrogen-bond acceptors (Lipinski definition) is 3. The fourth-order valence-electron chi connectivity index (χ4n) is 3.58. The highest BCUT2D eigenvalue weighted by Gasteiger charge is 2.17. The number of aromatic nitrogens is 1. The van der Waals surface area contributed by atoms with Crippen LogP contribution >= 0.6 is 0 Å². The molecule has 4 nitrogen and oxygen atoms in total. The SMILES string of the molecule is Cc1cc(-c2ccc(NC(=O)[C@@H](C)c3cccc(C(=O)c4ccccc4)c3)cc2)ccn1. The predicted octanol–water partition coefficient (Wildman–Crippen LogP) is 6.03. The highest BCUT2D eigenvalue weighted by molar-refractivity contribution is 6.09. The van der Waals surface area contributed by atoms with E-state index in [0.29, 0.717) is 11.1 Å². The van der Waals surface area contributed by atoms with Crippen LogP contribution in [0.4, 0.5) is 5.69 Å². The molecule has 0 aliphatic heterocycles. The molecule has 4 rings (SSSR count). The molecule has 1 amide bonds. The number of carbonyl (C=O) groups is 2. The van der Waals surface area contributed by atoms with Gasteiger partial charge in [0.25, 0.3) is 0 Å².